The minimum absolute atomic E-state index is 0.392. The van der Waals surface area contributed by atoms with E-state index in [0.717, 1.165) is 16.8 Å². The molecular formula is C24H21NO2S. The molecule has 3 nitrogen and oxygen atoms in total. The maximum absolute atomic E-state index is 10.9. The van der Waals surface area contributed by atoms with Gasteiger partial charge in [0.15, 0.2) is 0 Å². The summed E-state index contributed by atoms with van der Waals surface area (Å²) >= 11 is 1.44. The van der Waals surface area contributed by atoms with Crippen LogP contribution >= 0.6 is 11.8 Å². The molecule has 3 aromatic carbocycles. The van der Waals surface area contributed by atoms with E-state index in [0.29, 0.717) is 5.75 Å². The summed E-state index contributed by atoms with van der Waals surface area (Å²) in [5, 5.41) is 9.82. The minimum Gasteiger partial charge on any atom is -0.480 e. The molecule has 0 radical (unpaired) electrons. The van der Waals surface area contributed by atoms with Crippen LogP contribution in [-0.4, -0.2) is 20.9 Å². The van der Waals surface area contributed by atoms with E-state index in [1.807, 2.05) is 0 Å². The SMILES string of the molecule is CC(SCc1ccc(-c2ccc(-n3ccc4ccccc43)cc2)cc1)C(=O)O. The number of carboxylic acid groups (broad SMARTS) is 1. The van der Waals surface area contributed by atoms with Crippen LogP contribution in [0.3, 0.4) is 0 Å². The highest BCUT2D eigenvalue weighted by atomic mass is 32.2. The number of nitrogens with zero attached hydrogens (tertiary/aromatic N) is 1. The van der Waals surface area contributed by atoms with Crippen molar-refractivity contribution in [2.75, 3.05) is 0 Å². The number of carboxylic acids is 1. The summed E-state index contributed by atoms with van der Waals surface area (Å²) < 4.78 is 2.20. The average Bonchev–Trinajstić information content (AvgIpc) is 3.16. The second-order valence-electron chi connectivity index (χ2n) is 6.78. The van der Waals surface area contributed by atoms with E-state index in [1.165, 1.54) is 28.2 Å². The van der Waals surface area contributed by atoms with Crippen molar-refractivity contribution in [1.82, 2.24) is 4.57 Å². The third-order valence-corrected chi connectivity index (χ3v) is 6.08. The second-order valence-corrected chi connectivity index (χ2v) is 8.11. The number of aromatic nitrogens is 1. The Morgan fingerprint density at radius 3 is 2.25 bits per heavy atom. The van der Waals surface area contributed by atoms with Crippen LogP contribution in [0.4, 0.5) is 0 Å². The van der Waals surface area contributed by atoms with Crippen molar-refractivity contribution in [3.8, 4) is 16.8 Å². The van der Waals surface area contributed by atoms with E-state index >= 15 is 0 Å². The van der Waals surface area contributed by atoms with Gasteiger partial charge in [0, 0.05) is 17.6 Å². The Morgan fingerprint density at radius 1 is 0.929 bits per heavy atom. The number of hydrogen-bond acceptors (Lipinski definition) is 2. The molecule has 0 aliphatic rings. The molecule has 4 rings (SSSR count). The van der Waals surface area contributed by atoms with Crippen molar-refractivity contribution in [2.24, 2.45) is 0 Å². The van der Waals surface area contributed by atoms with E-state index in [4.69, 9.17) is 5.11 Å². The van der Waals surface area contributed by atoms with Crippen LogP contribution in [0.2, 0.25) is 0 Å². The topological polar surface area (TPSA) is 42.2 Å². The largest absolute Gasteiger partial charge is 0.480 e. The van der Waals surface area contributed by atoms with Gasteiger partial charge < -0.3 is 9.67 Å². The molecule has 0 saturated carbocycles. The van der Waals surface area contributed by atoms with Crippen LogP contribution in [0.5, 0.6) is 0 Å². The van der Waals surface area contributed by atoms with Crippen LogP contribution in [0, 0.1) is 0 Å². The molecule has 4 heteroatoms. The molecule has 0 aliphatic heterocycles. The van der Waals surface area contributed by atoms with Gasteiger partial charge in [-0.05, 0) is 53.3 Å². The van der Waals surface area contributed by atoms with Crippen LogP contribution < -0.4 is 0 Å². The number of thioether (sulfide) groups is 1. The van der Waals surface area contributed by atoms with Gasteiger partial charge in [-0.15, -0.1) is 11.8 Å². The summed E-state index contributed by atoms with van der Waals surface area (Å²) in [6, 6.07) is 27.4. The molecule has 0 amide bonds. The highest BCUT2D eigenvalue weighted by Crippen LogP contribution is 2.26. The van der Waals surface area contributed by atoms with E-state index in [1.54, 1.807) is 6.92 Å². The monoisotopic (exact) mass is 387 g/mol. The summed E-state index contributed by atoms with van der Waals surface area (Å²) in [6.07, 6.45) is 2.10. The van der Waals surface area contributed by atoms with E-state index < -0.39 is 11.2 Å². The van der Waals surface area contributed by atoms with Crippen molar-refractivity contribution >= 4 is 28.6 Å². The molecule has 0 saturated heterocycles. The third-order valence-electron chi connectivity index (χ3n) is 4.88. The molecule has 1 aromatic heterocycles. The highest BCUT2D eigenvalue weighted by Gasteiger charge is 2.11. The van der Waals surface area contributed by atoms with Crippen molar-refractivity contribution in [2.45, 2.75) is 17.9 Å². The zero-order valence-corrected chi connectivity index (χ0v) is 16.4. The molecule has 0 fully saturated rings. The summed E-state index contributed by atoms with van der Waals surface area (Å²) in [4.78, 5) is 10.9. The molecule has 0 aliphatic carbocycles. The molecule has 28 heavy (non-hydrogen) atoms. The smallest absolute Gasteiger partial charge is 0.316 e. The predicted octanol–water partition coefficient (Wildman–Crippen LogP) is 6.00. The van der Waals surface area contributed by atoms with Gasteiger partial charge in [-0.1, -0.05) is 54.6 Å². The highest BCUT2D eigenvalue weighted by molar-refractivity contribution is 7.99. The van der Waals surface area contributed by atoms with Crippen LogP contribution in [0.15, 0.2) is 85.1 Å². The minimum atomic E-state index is -0.766. The van der Waals surface area contributed by atoms with Gasteiger partial charge >= 0.3 is 5.97 Å². The zero-order valence-electron chi connectivity index (χ0n) is 15.6. The molecule has 1 N–H and O–H groups in total. The standard InChI is InChI=1S/C24H21NO2S/c1-17(24(26)27)28-16-18-6-8-19(9-7-18)20-10-12-22(13-11-20)25-15-14-21-4-2-3-5-23(21)25/h2-15,17H,16H2,1H3,(H,26,27). The number of rotatable bonds is 6. The Hall–Kier alpha value is -2.98. The second kappa shape index (κ2) is 7.95. The van der Waals surface area contributed by atoms with Gasteiger partial charge in [0.25, 0.3) is 0 Å². The van der Waals surface area contributed by atoms with Gasteiger partial charge in [0.1, 0.15) is 0 Å². The van der Waals surface area contributed by atoms with Gasteiger partial charge in [-0.25, -0.2) is 0 Å². The molecular weight excluding hydrogens is 366 g/mol. The predicted molar refractivity (Wildman–Crippen MR) is 117 cm³/mol. The van der Waals surface area contributed by atoms with Crippen molar-refractivity contribution in [1.29, 1.82) is 0 Å². The average molecular weight is 388 g/mol. The molecule has 1 unspecified atom stereocenters. The van der Waals surface area contributed by atoms with E-state index in [2.05, 4.69) is 89.6 Å². The summed E-state index contributed by atoms with van der Waals surface area (Å²) in [7, 11) is 0. The first-order valence-corrected chi connectivity index (χ1v) is 10.3. The lowest BCUT2D eigenvalue weighted by atomic mass is 10.0. The number of benzene rings is 3. The summed E-state index contributed by atoms with van der Waals surface area (Å²) in [5.74, 6) is -0.0647. The maximum atomic E-state index is 10.9. The third kappa shape index (κ3) is 3.82. The van der Waals surface area contributed by atoms with Crippen molar-refractivity contribution in [3.05, 3.63) is 90.6 Å². The number of carbonyl (C=O) groups is 1. The van der Waals surface area contributed by atoms with Crippen LogP contribution in [-0.2, 0) is 10.5 Å². The van der Waals surface area contributed by atoms with Gasteiger partial charge in [0.05, 0.1) is 10.8 Å². The van der Waals surface area contributed by atoms with Crippen molar-refractivity contribution < 1.29 is 9.90 Å². The first kappa shape index (κ1) is 18.4. The van der Waals surface area contributed by atoms with E-state index in [9.17, 15) is 4.79 Å². The number of fused-ring (bicyclic) bond motifs is 1. The Balaban J connectivity index is 1.50. The van der Waals surface area contributed by atoms with Gasteiger partial charge in [-0.2, -0.15) is 0 Å². The Kier molecular flexibility index (Phi) is 5.22. The van der Waals surface area contributed by atoms with Gasteiger partial charge in [0.2, 0.25) is 0 Å². The lowest BCUT2D eigenvalue weighted by Gasteiger charge is -2.09. The number of aliphatic carboxylic acids is 1. The number of hydrogen-bond donors (Lipinski definition) is 1. The fourth-order valence-corrected chi connectivity index (χ4v) is 3.99. The quantitative estimate of drug-likeness (QED) is 0.441. The first-order valence-electron chi connectivity index (χ1n) is 9.22. The zero-order chi connectivity index (χ0) is 19.5. The first-order chi connectivity index (χ1) is 13.6. The van der Waals surface area contributed by atoms with Crippen LogP contribution in [0.25, 0.3) is 27.7 Å². The molecule has 0 bridgehead atoms. The molecule has 0 spiro atoms. The number of para-hydroxylation sites is 1. The Morgan fingerprint density at radius 2 is 1.57 bits per heavy atom. The molecule has 140 valence electrons. The molecule has 1 heterocycles. The molecule has 1 atom stereocenters. The lowest BCUT2D eigenvalue weighted by molar-refractivity contribution is -0.136. The van der Waals surface area contributed by atoms with E-state index in [-0.39, 0.29) is 0 Å². The van der Waals surface area contributed by atoms with Gasteiger partial charge in [-0.3, -0.25) is 4.79 Å². The molecule has 4 aromatic rings. The normalized spacial score (nSPS) is 12.2. The Bertz CT molecular complexity index is 1100. The summed E-state index contributed by atoms with van der Waals surface area (Å²) in [5.41, 5.74) is 5.80. The fraction of sp³-hybridized carbons (Fsp3) is 0.125. The summed E-state index contributed by atoms with van der Waals surface area (Å²) in [6.45, 7) is 1.72. The Labute approximate surface area is 168 Å². The lowest BCUT2D eigenvalue weighted by Crippen LogP contribution is -2.11. The van der Waals surface area contributed by atoms with Crippen molar-refractivity contribution in [3.63, 3.8) is 0 Å². The fourth-order valence-electron chi connectivity index (χ4n) is 3.21. The maximum Gasteiger partial charge on any atom is 0.316 e. The van der Waals surface area contributed by atoms with Crippen LogP contribution in [0.1, 0.15) is 12.5 Å².